The monoisotopic (exact) mass is 833 g/mol. The Morgan fingerprint density at radius 1 is 0.477 bits per heavy atom. The molecule has 0 saturated carbocycles. The van der Waals surface area contributed by atoms with Crippen molar-refractivity contribution in [3.05, 3.63) is 86.4 Å². The van der Waals surface area contributed by atoms with Crippen molar-refractivity contribution in [1.82, 2.24) is 0 Å². The molecule has 3 rings (SSSR count). The van der Waals surface area contributed by atoms with Crippen LogP contribution in [0.2, 0.25) is 0 Å². The molecule has 20 heteroatoms. The van der Waals surface area contributed by atoms with Gasteiger partial charge in [0.25, 0.3) is 0 Å². The van der Waals surface area contributed by atoms with Crippen molar-refractivity contribution in [2.45, 2.75) is 18.5 Å². The number of Topliss-reactive ketones (excluding diaryl/α,β-unsaturated/α-hetero) is 6. The van der Waals surface area contributed by atoms with E-state index in [2.05, 4.69) is 0 Å². The molecule has 0 aliphatic rings. The summed E-state index contributed by atoms with van der Waals surface area (Å²) >= 11 is 2.95. The molecule has 3 heterocycles. The average Bonchev–Trinajstić information content (AvgIpc) is 3.66. The second-order valence-electron chi connectivity index (χ2n) is 7.04. The first kappa shape index (κ1) is 43.5. The van der Waals surface area contributed by atoms with Gasteiger partial charge >= 0.3 is 58.9 Å². The van der Waals surface area contributed by atoms with Gasteiger partial charge < -0.3 is 34.2 Å². The van der Waals surface area contributed by atoms with E-state index in [1.807, 2.05) is 0 Å². The van der Waals surface area contributed by atoms with E-state index < -0.39 is 53.2 Å². The summed E-state index contributed by atoms with van der Waals surface area (Å²) in [4.78, 5) is 64.5. The number of hydrogen-bond acceptors (Lipinski definition) is 6. The van der Waals surface area contributed by atoms with E-state index in [1.54, 1.807) is 16.1 Å². The molecule has 44 heavy (non-hydrogen) atoms. The first-order valence-electron chi connectivity index (χ1n) is 10.3. The molecule has 0 atom stereocenters. The summed E-state index contributed by atoms with van der Waals surface area (Å²) < 4.78 is 105. The molecular formula is C24H14F9O7S3Sm. The fourth-order valence-electron chi connectivity index (χ4n) is 2.07. The Balaban J connectivity index is 0. The van der Waals surface area contributed by atoms with Gasteiger partial charge in [0, 0.05) is 34.0 Å². The second-order valence-corrected chi connectivity index (χ2v) is 9.89. The van der Waals surface area contributed by atoms with Crippen molar-refractivity contribution < 1.29 is 114 Å². The molecule has 3 aromatic heterocycles. The predicted octanol–water partition coefficient (Wildman–Crippen LogP) is 5.97. The van der Waals surface area contributed by atoms with Crippen LogP contribution in [0, 0.1) is 59.7 Å². The normalized spacial score (nSPS) is 10.6. The SMILES string of the molecule is O.O=C([CH-]C(=O)C(F)(F)F)[c-]1ccc[s+]1.O=C([CH-]C(=O)C(F)(F)F)[c-]1ccc[s+]1.O=C([CH-]C(=O)C(F)(F)F)[c-]1ccc[s+]1.[Sm+3]. The molecule has 0 aromatic carbocycles. The van der Waals surface area contributed by atoms with Crippen LogP contribution >= 0.6 is 34.0 Å². The number of ketones is 6. The van der Waals surface area contributed by atoms with E-state index in [0.717, 1.165) is 34.0 Å². The summed E-state index contributed by atoms with van der Waals surface area (Å²) in [6, 6.07) is 8.62. The molecule has 0 bridgehead atoms. The Kier molecular flexibility index (Phi) is 18.8. The largest absolute Gasteiger partial charge is 3.00 e. The van der Waals surface area contributed by atoms with E-state index in [1.165, 1.54) is 36.4 Å². The van der Waals surface area contributed by atoms with Crippen molar-refractivity contribution in [1.29, 1.82) is 0 Å². The molecule has 1 radical (unpaired) electrons. The van der Waals surface area contributed by atoms with Crippen molar-refractivity contribution in [3.8, 4) is 0 Å². The summed E-state index contributed by atoms with van der Waals surface area (Å²) in [5.41, 5.74) is 0. The van der Waals surface area contributed by atoms with Gasteiger partial charge in [0.15, 0.2) is 16.1 Å². The van der Waals surface area contributed by atoms with Crippen LogP contribution < -0.4 is 0 Å². The minimum Gasteiger partial charge on any atom is -0.412 e. The van der Waals surface area contributed by atoms with E-state index >= 15 is 0 Å². The Morgan fingerprint density at radius 3 is 0.818 bits per heavy atom. The van der Waals surface area contributed by atoms with Crippen molar-refractivity contribution in [2.24, 2.45) is 0 Å². The van der Waals surface area contributed by atoms with Gasteiger partial charge in [0.2, 0.25) is 0 Å². The quantitative estimate of drug-likeness (QED) is 0.0858. The minimum absolute atomic E-state index is 0. The molecule has 0 aliphatic carbocycles. The molecule has 2 N–H and O–H groups in total. The number of rotatable bonds is 9. The third-order valence-electron chi connectivity index (χ3n) is 3.92. The van der Waals surface area contributed by atoms with Crippen LogP contribution in [0.4, 0.5) is 39.5 Å². The van der Waals surface area contributed by atoms with Gasteiger partial charge in [-0.15, -0.1) is 0 Å². The maximum atomic E-state index is 11.7. The molecule has 0 saturated heterocycles. The standard InChI is InChI=1S/3C8H4F3O2S.H2O.Sm/c3*9-8(10,11)7(13)4-5(12)6-2-1-3-14-6;;/h3*1-4H;1H2;/q3*-1;;+3. The zero-order valence-electron chi connectivity index (χ0n) is 20.9. The third-order valence-corrected chi connectivity index (χ3v) is 6.57. The van der Waals surface area contributed by atoms with Gasteiger partial charge in [0.1, 0.15) is 17.3 Å². The number of halogens is 9. The minimum atomic E-state index is -4.98. The van der Waals surface area contributed by atoms with Crippen LogP contribution in [0.5, 0.6) is 0 Å². The van der Waals surface area contributed by atoms with Crippen LogP contribution in [0.1, 0.15) is 29.0 Å². The Morgan fingerprint density at radius 2 is 0.682 bits per heavy atom. The van der Waals surface area contributed by atoms with E-state index in [-0.39, 0.29) is 79.8 Å². The fraction of sp³-hybridized carbons (Fsp3) is 0.125. The van der Waals surface area contributed by atoms with Gasteiger partial charge in [-0.3, -0.25) is 19.3 Å². The number of carbonyl (C=O) groups excluding carboxylic acids is 6. The Hall–Kier alpha value is -2.60. The smallest absolute Gasteiger partial charge is 0.412 e. The predicted molar refractivity (Wildman–Crippen MR) is 136 cm³/mol. The molecule has 0 aliphatic heterocycles. The third kappa shape index (κ3) is 15.9. The molecule has 0 fully saturated rings. The average molecular weight is 832 g/mol. The maximum absolute atomic E-state index is 11.7. The number of alkyl halides is 9. The van der Waals surface area contributed by atoms with Crippen molar-refractivity contribution >= 4 is 68.7 Å². The molecular weight excluding hydrogens is 818 g/mol. The molecule has 3 aromatic rings. The molecule has 239 valence electrons. The van der Waals surface area contributed by atoms with Crippen LogP contribution in [-0.2, 0) is 14.4 Å². The first-order valence-corrected chi connectivity index (χ1v) is 13.0. The first-order chi connectivity index (χ1) is 19.2. The van der Waals surface area contributed by atoms with E-state index in [0.29, 0.717) is 0 Å². The topological polar surface area (TPSA) is 134 Å². The van der Waals surface area contributed by atoms with Crippen LogP contribution in [0.25, 0.3) is 0 Å². The van der Waals surface area contributed by atoms with E-state index in [9.17, 15) is 68.3 Å². The second kappa shape index (κ2) is 19.0. The zero-order valence-corrected chi connectivity index (χ0v) is 26.0. The molecule has 7 nitrogen and oxygen atoms in total. The molecule has 0 spiro atoms. The van der Waals surface area contributed by atoms with E-state index in [4.69, 9.17) is 0 Å². The summed E-state index contributed by atoms with van der Waals surface area (Å²) in [7, 11) is 0. The van der Waals surface area contributed by atoms with Crippen LogP contribution in [0.15, 0.2) is 52.5 Å². The van der Waals surface area contributed by atoms with Gasteiger partial charge in [-0.25, -0.2) is 0 Å². The summed E-state index contributed by atoms with van der Waals surface area (Å²) in [6.45, 7) is 0. The zero-order chi connectivity index (χ0) is 32.3. The van der Waals surface area contributed by atoms with Crippen LogP contribution in [-0.4, -0.2) is 58.7 Å². The number of carbonyl (C=O) groups is 6. The van der Waals surface area contributed by atoms with Gasteiger partial charge in [-0.2, -0.15) is 57.7 Å². The summed E-state index contributed by atoms with van der Waals surface area (Å²) in [5.74, 6) is -9.13. The van der Waals surface area contributed by atoms with Crippen LogP contribution in [0.3, 0.4) is 0 Å². The molecule has 0 unspecified atom stereocenters. The van der Waals surface area contributed by atoms with Crippen molar-refractivity contribution in [3.63, 3.8) is 0 Å². The van der Waals surface area contributed by atoms with Gasteiger partial charge in [0.05, 0.1) is 0 Å². The maximum Gasteiger partial charge on any atom is 3.00 e. The van der Waals surface area contributed by atoms with Crippen molar-refractivity contribution in [2.75, 3.05) is 0 Å². The fourth-order valence-corrected chi connectivity index (χ4v) is 3.98. The van der Waals surface area contributed by atoms with Gasteiger partial charge in [-0.1, -0.05) is 17.3 Å². The summed E-state index contributed by atoms with van der Waals surface area (Å²) in [5, 5.41) is 4.62. The Bertz CT molecular complexity index is 1200. The number of thiophene rings is 3. The van der Waals surface area contributed by atoms with Gasteiger partial charge in [-0.05, 0) is 32.8 Å². The molecule has 0 amide bonds. The Labute approximate surface area is 285 Å². The summed E-state index contributed by atoms with van der Waals surface area (Å²) in [6.07, 6.45) is -14.8. The number of hydrogen-bond donors (Lipinski definition) is 0.